The van der Waals surface area contributed by atoms with Gasteiger partial charge in [-0.1, -0.05) is 41.9 Å². The molecule has 3 aliphatic heterocycles. The summed E-state index contributed by atoms with van der Waals surface area (Å²) in [5.41, 5.74) is 2.38. The first kappa shape index (κ1) is 21.2. The molecule has 0 radical (unpaired) electrons. The lowest BCUT2D eigenvalue weighted by Crippen LogP contribution is -2.46. The predicted molar refractivity (Wildman–Crippen MR) is 126 cm³/mol. The zero-order valence-corrected chi connectivity index (χ0v) is 19.2. The molecule has 4 fully saturated rings. The van der Waals surface area contributed by atoms with Crippen molar-refractivity contribution >= 4 is 17.5 Å². The van der Waals surface area contributed by atoms with Crippen LogP contribution in [0.5, 0.6) is 0 Å². The van der Waals surface area contributed by atoms with Crippen molar-refractivity contribution in [1.82, 2.24) is 15.5 Å². The normalized spacial score (nSPS) is 28.5. The smallest absolute Gasteiger partial charge is 0.258 e. The maximum atomic E-state index is 14.1. The highest BCUT2D eigenvalue weighted by Crippen LogP contribution is 2.51. The van der Waals surface area contributed by atoms with Crippen LogP contribution in [-0.2, 0) is 19.8 Å². The van der Waals surface area contributed by atoms with E-state index in [-0.39, 0.29) is 18.1 Å². The van der Waals surface area contributed by atoms with Crippen LogP contribution in [0.1, 0.15) is 24.8 Å². The quantitative estimate of drug-likeness (QED) is 0.611. The summed E-state index contributed by atoms with van der Waals surface area (Å²) in [7, 11) is 0. The monoisotopic (exact) mass is 465 g/mol. The summed E-state index contributed by atoms with van der Waals surface area (Å²) in [5, 5.41) is 7.74. The second kappa shape index (κ2) is 8.44. The second-order valence-corrected chi connectivity index (χ2v) is 9.72. The number of amides is 1. The van der Waals surface area contributed by atoms with Crippen LogP contribution in [0, 0.1) is 5.92 Å². The molecule has 7 heteroatoms. The van der Waals surface area contributed by atoms with Gasteiger partial charge in [-0.15, -0.1) is 0 Å². The third-order valence-corrected chi connectivity index (χ3v) is 7.18. The summed E-state index contributed by atoms with van der Waals surface area (Å²) in [6, 6.07) is 16.5. The topological polar surface area (TPSA) is 72.7 Å². The summed E-state index contributed by atoms with van der Waals surface area (Å²) in [6.45, 7) is 2.75. The number of rotatable bonds is 7. The summed E-state index contributed by atoms with van der Waals surface area (Å²) in [4.78, 5) is 16.0. The standard InChI is InChI=1S/C26H28ClN3O3/c27-21-6-2-4-18(14-21)17-3-1-5-20(13-17)26(19-7-8-19)25(31)30(10-9-24-32-11-12-33-24)23(29-26)15-22-16-28-22/h1-6,13-15,19,22,24,28-29H,7-12,16H2/b23-15-. The van der Waals surface area contributed by atoms with Gasteiger partial charge in [0.25, 0.3) is 5.91 Å². The van der Waals surface area contributed by atoms with Crippen LogP contribution in [0.3, 0.4) is 0 Å². The lowest BCUT2D eigenvalue weighted by molar-refractivity contribution is -0.133. The number of carbonyl (C=O) groups is 1. The van der Waals surface area contributed by atoms with Crippen LogP contribution < -0.4 is 10.6 Å². The minimum atomic E-state index is -0.743. The molecule has 2 unspecified atom stereocenters. The average molecular weight is 466 g/mol. The Balaban J connectivity index is 1.36. The highest BCUT2D eigenvalue weighted by atomic mass is 35.5. The van der Waals surface area contributed by atoms with Gasteiger partial charge in [-0.2, -0.15) is 0 Å². The van der Waals surface area contributed by atoms with Crippen LogP contribution in [0.25, 0.3) is 11.1 Å². The van der Waals surface area contributed by atoms with Crippen LogP contribution in [0.2, 0.25) is 5.02 Å². The fourth-order valence-electron chi connectivity index (χ4n) is 5.02. The average Bonchev–Trinajstić information content (AvgIpc) is 3.76. The molecule has 0 bridgehead atoms. The van der Waals surface area contributed by atoms with E-state index in [2.05, 4.69) is 41.0 Å². The maximum Gasteiger partial charge on any atom is 0.258 e. The van der Waals surface area contributed by atoms with Crippen LogP contribution in [0.15, 0.2) is 60.4 Å². The number of nitrogens with one attached hydrogen (secondary N) is 2. The molecule has 1 aliphatic carbocycles. The zero-order valence-electron chi connectivity index (χ0n) is 18.4. The minimum absolute atomic E-state index is 0.123. The van der Waals surface area contributed by atoms with E-state index in [1.165, 1.54) is 0 Å². The van der Waals surface area contributed by atoms with E-state index >= 15 is 0 Å². The Kier molecular flexibility index (Phi) is 5.41. The van der Waals surface area contributed by atoms with E-state index < -0.39 is 5.54 Å². The number of ether oxygens (including phenoxy) is 2. The van der Waals surface area contributed by atoms with Crippen molar-refractivity contribution in [3.8, 4) is 11.1 Å². The molecule has 4 aliphatic rings. The molecule has 2 N–H and O–H groups in total. The van der Waals surface area contributed by atoms with Crippen molar-refractivity contribution in [1.29, 1.82) is 0 Å². The van der Waals surface area contributed by atoms with E-state index in [4.69, 9.17) is 21.1 Å². The van der Waals surface area contributed by atoms with Crippen molar-refractivity contribution in [3.63, 3.8) is 0 Å². The SMILES string of the molecule is O=C1N(CCC2OCCO2)/C(=C\C2CN2)NC1(c1cccc(-c2cccc(Cl)c2)c1)C1CC1. The van der Waals surface area contributed by atoms with Gasteiger partial charge < -0.3 is 20.1 Å². The minimum Gasteiger partial charge on any atom is -0.354 e. The van der Waals surface area contributed by atoms with Gasteiger partial charge in [-0.05, 0) is 59.7 Å². The highest BCUT2D eigenvalue weighted by Gasteiger charge is 2.58. The summed E-state index contributed by atoms with van der Waals surface area (Å²) in [5.74, 6) is 1.30. The van der Waals surface area contributed by atoms with Crippen molar-refractivity contribution in [2.45, 2.75) is 37.1 Å². The predicted octanol–water partition coefficient (Wildman–Crippen LogP) is 3.62. The van der Waals surface area contributed by atoms with Gasteiger partial charge in [0.15, 0.2) is 6.29 Å². The molecule has 6 rings (SSSR count). The third kappa shape index (κ3) is 4.06. The Bertz CT molecular complexity index is 1090. The number of halogens is 1. The first-order valence-corrected chi connectivity index (χ1v) is 12.2. The number of nitrogens with zero attached hydrogens (tertiary/aromatic N) is 1. The van der Waals surface area contributed by atoms with E-state index in [9.17, 15) is 4.79 Å². The molecule has 6 nitrogen and oxygen atoms in total. The lowest BCUT2D eigenvalue weighted by Gasteiger charge is -2.28. The molecular weight excluding hydrogens is 438 g/mol. The maximum absolute atomic E-state index is 14.1. The van der Waals surface area contributed by atoms with E-state index in [1.807, 2.05) is 29.2 Å². The van der Waals surface area contributed by atoms with Crippen LogP contribution >= 0.6 is 11.6 Å². The Labute approximate surface area is 198 Å². The summed E-state index contributed by atoms with van der Waals surface area (Å²) in [6.07, 6.45) is 4.65. The van der Waals surface area contributed by atoms with E-state index in [1.54, 1.807) is 0 Å². The van der Waals surface area contributed by atoms with Crippen LogP contribution in [0.4, 0.5) is 0 Å². The molecule has 2 atom stereocenters. The fraction of sp³-hybridized carbons (Fsp3) is 0.423. The van der Waals surface area contributed by atoms with Gasteiger partial charge in [-0.3, -0.25) is 9.69 Å². The first-order chi connectivity index (χ1) is 16.1. The first-order valence-electron chi connectivity index (χ1n) is 11.8. The summed E-state index contributed by atoms with van der Waals surface area (Å²) < 4.78 is 11.2. The Morgan fingerprint density at radius 1 is 1.09 bits per heavy atom. The summed E-state index contributed by atoms with van der Waals surface area (Å²) >= 11 is 6.25. The highest BCUT2D eigenvalue weighted by molar-refractivity contribution is 6.30. The number of benzene rings is 2. The Hall–Kier alpha value is -2.38. The Morgan fingerprint density at radius 3 is 2.52 bits per heavy atom. The number of hydrogen-bond donors (Lipinski definition) is 2. The zero-order chi connectivity index (χ0) is 22.4. The number of hydrogen-bond acceptors (Lipinski definition) is 5. The van der Waals surface area contributed by atoms with Gasteiger partial charge in [-0.25, -0.2) is 0 Å². The molecule has 0 aromatic heterocycles. The second-order valence-electron chi connectivity index (χ2n) is 9.28. The molecule has 3 saturated heterocycles. The largest absolute Gasteiger partial charge is 0.354 e. The Morgan fingerprint density at radius 2 is 1.82 bits per heavy atom. The molecule has 0 spiro atoms. The molecule has 3 heterocycles. The lowest BCUT2D eigenvalue weighted by atomic mass is 9.83. The molecule has 1 saturated carbocycles. The fourth-order valence-corrected chi connectivity index (χ4v) is 5.21. The van der Waals surface area contributed by atoms with Crippen molar-refractivity contribution in [2.75, 3.05) is 26.3 Å². The molecule has 33 heavy (non-hydrogen) atoms. The van der Waals surface area contributed by atoms with Crippen molar-refractivity contribution < 1.29 is 14.3 Å². The molecular formula is C26H28ClN3O3. The number of carbonyl (C=O) groups excluding carboxylic acids is 1. The van der Waals surface area contributed by atoms with Crippen molar-refractivity contribution in [3.05, 3.63) is 71.0 Å². The third-order valence-electron chi connectivity index (χ3n) is 6.94. The van der Waals surface area contributed by atoms with Gasteiger partial charge in [0.2, 0.25) is 0 Å². The molecule has 1 amide bonds. The van der Waals surface area contributed by atoms with Gasteiger partial charge in [0.05, 0.1) is 13.2 Å². The van der Waals surface area contributed by atoms with E-state index in [0.717, 1.165) is 41.9 Å². The van der Waals surface area contributed by atoms with Crippen molar-refractivity contribution in [2.24, 2.45) is 5.92 Å². The van der Waals surface area contributed by atoms with Crippen LogP contribution in [-0.4, -0.2) is 49.4 Å². The van der Waals surface area contributed by atoms with E-state index in [0.29, 0.717) is 37.2 Å². The molecule has 2 aromatic rings. The van der Waals surface area contributed by atoms with Gasteiger partial charge >= 0.3 is 0 Å². The molecule has 2 aromatic carbocycles. The molecule has 172 valence electrons. The van der Waals surface area contributed by atoms with Gasteiger partial charge in [0, 0.05) is 30.6 Å². The van der Waals surface area contributed by atoms with Gasteiger partial charge in [0.1, 0.15) is 11.4 Å².